The van der Waals surface area contributed by atoms with Crippen LogP contribution in [0, 0.1) is 11.6 Å². The third kappa shape index (κ3) is 16.2. The topological polar surface area (TPSA) is 78.8 Å². The highest BCUT2D eigenvalue weighted by molar-refractivity contribution is 6.28. The Labute approximate surface area is 837 Å². The summed E-state index contributed by atoms with van der Waals surface area (Å²) in [7, 11) is 0. The summed E-state index contributed by atoms with van der Waals surface area (Å²) in [4.78, 5) is 0. The molecule has 0 fully saturated rings. The van der Waals surface area contributed by atoms with Gasteiger partial charge in [0.2, 0.25) is 0 Å². The molecule has 0 aliphatic carbocycles. The number of halogens is 2. The lowest BCUT2D eigenvalue weighted by molar-refractivity contribution is 0.521. The third-order valence-corrected chi connectivity index (χ3v) is 28.5. The first-order valence-corrected chi connectivity index (χ1v) is 50.3. The van der Waals surface area contributed by atoms with Crippen LogP contribution in [0.5, 0.6) is 0 Å². The Hall–Kier alpha value is -16.7. The highest BCUT2D eigenvalue weighted by Crippen LogP contribution is 2.59. The van der Waals surface area contributed by atoms with Crippen molar-refractivity contribution in [2.24, 2.45) is 0 Å². The fourth-order valence-electron chi connectivity index (χ4n) is 21.8. The van der Waals surface area contributed by atoms with Crippen molar-refractivity contribution in [2.75, 3.05) is 0 Å². The number of hydrogen-bond acceptors (Lipinski definition) is 6. The summed E-state index contributed by atoms with van der Waals surface area (Å²) >= 11 is 0. The zero-order chi connectivity index (χ0) is 98.4. The van der Waals surface area contributed by atoms with Crippen molar-refractivity contribution in [2.45, 2.75) is 119 Å². The Bertz CT molecular complexity index is 9030. The van der Waals surface area contributed by atoms with E-state index >= 15 is 0 Å². The molecular formula is C136H108F2O6. The van der Waals surface area contributed by atoms with Gasteiger partial charge >= 0.3 is 0 Å². The molecule has 144 heavy (non-hydrogen) atoms. The lowest BCUT2D eigenvalue weighted by Gasteiger charge is -2.15. The van der Waals surface area contributed by atoms with Crippen molar-refractivity contribution in [3.8, 4) is 134 Å². The van der Waals surface area contributed by atoms with Gasteiger partial charge in [-0.05, 0) is 170 Å². The zero-order valence-corrected chi connectivity index (χ0v) is 82.8. The van der Waals surface area contributed by atoms with Crippen molar-refractivity contribution in [3.05, 3.63) is 447 Å². The molecule has 19 aromatic carbocycles. The second-order valence-electron chi connectivity index (χ2n) is 39.9. The van der Waals surface area contributed by atoms with E-state index in [1.54, 1.807) is 0 Å². The van der Waals surface area contributed by atoms with Crippen LogP contribution in [0.2, 0.25) is 0 Å². The van der Waals surface area contributed by atoms with Crippen LogP contribution >= 0.6 is 0 Å². The lowest BCUT2D eigenvalue weighted by Crippen LogP contribution is -1.92. The molecule has 0 aliphatic rings. The van der Waals surface area contributed by atoms with Crippen LogP contribution in [0.1, 0.15) is 153 Å². The van der Waals surface area contributed by atoms with Crippen LogP contribution in [0.25, 0.3) is 242 Å². The first-order chi connectivity index (χ1) is 70.2. The van der Waals surface area contributed by atoms with Crippen LogP contribution in [0.4, 0.5) is 8.78 Å². The summed E-state index contributed by atoms with van der Waals surface area (Å²) in [5, 5.41) is 15.7. The predicted molar refractivity (Wildman–Crippen MR) is 598 cm³/mol. The highest BCUT2D eigenvalue weighted by Gasteiger charge is 2.37. The summed E-state index contributed by atoms with van der Waals surface area (Å²) in [5.74, 6) is 5.82. The molecular weight excluding hydrogens is 1770 g/mol. The van der Waals surface area contributed by atoms with Crippen molar-refractivity contribution < 1.29 is 35.3 Å². The molecule has 6 aromatic heterocycles. The summed E-state index contributed by atoms with van der Waals surface area (Å²) in [6.45, 7) is 26.2. The second kappa shape index (κ2) is 37.7. The molecule has 0 unspecified atom stereocenters. The molecule has 0 atom stereocenters. The smallest absolute Gasteiger partial charge is 0.144 e. The van der Waals surface area contributed by atoms with E-state index in [0.29, 0.717) is 11.8 Å². The molecule has 6 heterocycles. The van der Waals surface area contributed by atoms with Crippen molar-refractivity contribution >= 4 is 109 Å². The predicted octanol–water partition coefficient (Wildman–Crippen LogP) is 41.2. The maximum atomic E-state index is 14.6. The van der Waals surface area contributed by atoms with Gasteiger partial charge in [0, 0.05) is 123 Å². The standard InChI is InChI=1S/C54H40F2O2.C54H42O2.C28H26O2/c1-31(2)51-45(37-22-26-41(55)27-23-37)49-47(36-19-17-35(18-20-36)44-15-9-13-34-11-7-8-14-43(34)44)53-50(46(52(57-53)32(3)4)38-24-28-42(56)29-25-38)48(54(49)58-51)40-21-16-33-10-5-6-12-39(33)30-40;1-33(2)51-45(38-18-7-5-8-19-38)49-47(40-29-27-37(28-30-40)44-25-15-23-36-17-13-14-24-43(36)44)53-50(46(52(55-53)34(3)4)39-20-9-6-10-21-39)48(54(49)56-51)42-31-26-35-16-11-12-22-41(35)32-42;1-17(2)27-25(19-11-7-5-8-12-19)21-15-24-22(16-23(21)29-27)26(28(30-24)18(3)4)20-13-9-6-10-14-20/h5-32H,1-4H3;5-34H,1-4H3;5-18H,1-4H3. The number of furan rings is 6. The molecule has 0 N–H and O–H groups in total. The molecule has 0 bridgehead atoms. The van der Waals surface area contributed by atoms with Crippen LogP contribution in [-0.2, 0) is 0 Å². The first kappa shape index (κ1) is 91.1. The minimum Gasteiger partial charge on any atom is -0.460 e. The Balaban J connectivity index is 0.000000126. The van der Waals surface area contributed by atoms with Gasteiger partial charge in [-0.25, -0.2) is 8.78 Å². The molecule has 0 saturated carbocycles. The van der Waals surface area contributed by atoms with Gasteiger partial charge in [-0.3, -0.25) is 0 Å². The molecule has 8 heteroatoms. The zero-order valence-electron chi connectivity index (χ0n) is 82.8. The number of hydrogen-bond donors (Lipinski definition) is 0. The van der Waals surface area contributed by atoms with Crippen molar-refractivity contribution in [3.63, 3.8) is 0 Å². The first-order valence-electron chi connectivity index (χ1n) is 50.3. The summed E-state index contributed by atoms with van der Waals surface area (Å²) in [6.07, 6.45) is 0. The van der Waals surface area contributed by atoms with Gasteiger partial charge in [-0.1, -0.05) is 435 Å². The van der Waals surface area contributed by atoms with E-state index < -0.39 is 0 Å². The van der Waals surface area contributed by atoms with Gasteiger partial charge < -0.3 is 26.5 Å². The Kier molecular flexibility index (Phi) is 23.9. The monoisotopic (exact) mass is 1870 g/mol. The summed E-state index contributed by atoms with van der Waals surface area (Å²) < 4.78 is 71.2. The van der Waals surface area contributed by atoms with E-state index in [1.165, 1.54) is 90.0 Å². The molecule has 0 aliphatic heterocycles. The van der Waals surface area contributed by atoms with Crippen molar-refractivity contribution in [1.29, 1.82) is 0 Å². The highest BCUT2D eigenvalue weighted by atomic mass is 19.1. The summed E-state index contributed by atoms with van der Waals surface area (Å²) in [5.41, 5.74) is 30.5. The maximum absolute atomic E-state index is 14.6. The average Bonchev–Trinajstić information content (AvgIpc) is 1.54. The third-order valence-electron chi connectivity index (χ3n) is 28.5. The molecule has 0 amide bonds. The minimum absolute atomic E-state index is 0.00686. The Morgan fingerprint density at radius 3 is 0.688 bits per heavy atom. The average molecular weight is 1880 g/mol. The molecule has 0 spiro atoms. The second-order valence-corrected chi connectivity index (χ2v) is 39.9. The summed E-state index contributed by atoms with van der Waals surface area (Å²) in [6, 6.07) is 138. The molecule has 6 nitrogen and oxygen atoms in total. The SMILES string of the molecule is CC(C)c1oc2c(-c3ccc4ccccc4c3)c3c(-c4ccc(F)cc4)c(C(C)C)oc3c(-c3ccc(-c4cccc5ccccc45)cc3)c2c1-c1ccc(F)cc1.CC(C)c1oc2c(-c3ccc4ccccc4c3)c3c(-c4ccccc4)c(C(C)C)oc3c(-c3ccc(-c4cccc5ccccc45)cc3)c2c1-c1ccccc1.CC(C)c1oc2cc3c(-c4ccccc4)c(C(C)C)oc3cc2c1-c1ccccc1. The maximum Gasteiger partial charge on any atom is 0.144 e. The largest absolute Gasteiger partial charge is 0.460 e. The van der Waals surface area contributed by atoms with Crippen LogP contribution in [-0.4, -0.2) is 0 Å². The molecule has 0 saturated heterocycles. The van der Waals surface area contributed by atoms with E-state index in [0.717, 1.165) is 211 Å². The number of benzene rings is 19. The fraction of sp³-hybridized carbons (Fsp3) is 0.132. The van der Waals surface area contributed by atoms with E-state index in [1.807, 2.05) is 42.5 Å². The minimum atomic E-state index is -0.303. The van der Waals surface area contributed by atoms with Crippen LogP contribution in [0.15, 0.2) is 427 Å². The van der Waals surface area contributed by atoms with E-state index in [-0.39, 0.29) is 35.3 Å². The molecule has 25 aromatic rings. The Morgan fingerprint density at radius 2 is 0.382 bits per heavy atom. The van der Waals surface area contributed by atoms with E-state index in [9.17, 15) is 8.78 Å². The fourth-order valence-corrected chi connectivity index (χ4v) is 21.8. The molecule has 25 rings (SSSR count). The number of rotatable bonds is 18. The van der Waals surface area contributed by atoms with Gasteiger partial charge in [-0.2, -0.15) is 0 Å². The Morgan fingerprint density at radius 1 is 0.160 bits per heavy atom. The van der Waals surface area contributed by atoms with Gasteiger partial charge in [0.05, 0.1) is 0 Å². The van der Waals surface area contributed by atoms with Crippen LogP contribution in [0.3, 0.4) is 0 Å². The van der Waals surface area contributed by atoms with Gasteiger partial charge in [0.25, 0.3) is 0 Å². The molecule has 702 valence electrons. The molecule has 0 radical (unpaired) electrons. The van der Waals surface area contributed by atoms with Gasteiger partial charge in [0.15, 0.2) is 0 Å². The number of fused-ring (bicyclic) bond motifs is 10. The van der Waals surface area contributed by atoms with Gasteiger partial charge in [-0.15, -0.1) is 0 Å². The quantitative estimate of drug-likeness (QED) is 0.0852. The normalized spacial score (nSPS) is 11.9. The van der Waals surface area contributed by atoms with Crippen LogP contribution < -0.4 is 0 Å². The van der Waals surface area contributed by atoms with Gasteiger partial charge in [0.1, 0.15) is 79.7 Å². The lowest BCUT2D eigenvalue weighted by atomic mass is 9.85. The van der Waals surface area contributed by atoms with E-state index in [2.05, 4.69) is 417 Å². The van der Waals surface area contributed by atoms with E-state index in [4.69, 9.17) is 26.5 Å². The van der Waals surface area contributed by atoms with Crippen molar-refractivity contribution in [1.82, 2.24) is 0 Å².